The molecule has 1 aromatic carbocycles. The average Bonchev–Trinajstić information content (AvgIpc) is 2.98. The Balaban J connectivity index is 1.72. The van der Waals surface area contributed by atoms with Gasteiger partial charge in [0.2, 0.25) is 9.97 Å². The van der Waals surface area contributed by atoms with E-state index in [1.807, 2.05) is 31.2 Å². The van der Waals surface area contributed by atoms with Crippen molar-refractivity contribution in [1.29, 1.82) is 0 Å². The quantitative estimate of drug-likeness (QED) is 0.783. The summed E-state index contributed by atoms with van der Waals surface area (Å²) in [5.74, 6) is -0.196. The number of aryl methyl sites for hydroxylation is 1. The van der Waals surface area contributed by atoms with Crippen LogP contribution in [0.3, 0.4) is 0 Å². The van der Waals surface area contributed by atoms with Gasteiger partial charge in [-0.3, -0.25) is 4.79 Å². The summed E-state index contributed by atoms with van der Waals surface area (Å²) in [7, 11) is 0. The summed E-state index contributed by atoms with van der Waals surface area (Å²) in [6.07, 6.45) is 1.48. The van der Waals surface area contributed by atoms with Crippen molar-refractivity contribution in [2.24, 2.45) is 0 Å². The first kappa shape index (κ1) is 11.8. The molecule has 1 N–H and O–H groups in total. The van der Waals surface area contributed by atoms with Crippen LogP contribution in [0.1, 0.15) is 20.9 Å². The zero-order chi connectivity index (χ0) is 13.2. The van der Waals surface area contributed by atoms with Crippen LogP contribution >= 0.6 is 11.3 Å². The van der Waals surface area contributed by atoms with Crippen molar-refractivity contribution in [2.75, 3.05) is 0 Å². The van der Waals surface area contributed by atoms with Gasteiger partial charge in [0.25, 0.3) is 5.91 Å². The Morgan fingerprint density at radius 3 is 3.05 bits per heavy atom. The van der Waals surface area contributed by atoms with Crippen LogP contribution in [0.2, 0.25) is 0 Å². The number of amides is 1. The minimum atomic E-state index is -0.196. The third-order valence-corrected chi connectivity index (χ3v) is 3.69. The van der Waals surface area contributed by atoms with E-state index >= 15 is 0 Å². The van der Waals surface area contributed by atoms with Gasteiger partial charge in [-0.1, -0.05) is 35.6 Å². The second-order valence-corrected chi connectivity index (χ2v) is 5.03. The van der Waals surface area contributed by atoms with Crippen molar-refractivity contribution in [3.8, 4) is 0 Å². The van der Waals surface area contributed by atoms with Crippen LogP contribution in [0.4, 0.5) is 0 Å². The topological polar surface area (TPSA) is 72.2 Å². The third kappa shape index (κ3) is 2.32. The lowest BCUT2D eigenvalue weighted by Gasteiger charge is -2.05. The van der Waals surface area contributed by atoms with Crippen molar-refractivity contribution in [3.05, 3.63) is 46.7 Å². The van der Waals surface area contributed by atoms with E-state index in [1.54, 1.807) is 0 Å². The van der Waals surface area contributed by atoms with Crippen LogP contribution in [-0.4, -0.2) is 25.7 Å². The van der Waals surface area contributed by atoms with E-state index in [2.05, 4.69) is 20.6 Å². The molecule has 2 aromatic heterocycles. The normalized spacial score (nSPS) is 10.8. The minimum absolute atomic E-state index is 0.196. The third-order valence-electron chi connectivity index (χ3n) is 2.78. The fourth-order valence-corrected chi connectivity index (χ4v) is 2.45. The highest BCUT2D eigenvalue weighted by Crippen LogP contribution is 2.12. The van der Waals surface area contributed by atoms with Gasteiger partial charge >= 0.3 is 0 Å². The SMILES string of the molecule is Cc1ccccc1CNC(=O)c1nn2cnnc2s1. The van der Waals surface area contributed by atoms with E-state index in [0.29, 0.717) is 16.5 Å². The minimum Gasteiger partial charge on any atom is -0.346 e. The molecule has 0 aliphatic carbocycles. The molecule has 7 heteroatoms. The first-order chi connectivity index (χ1) is 9.24. The number of nitrogens with one attached hydrogen (secondary N) is 1. The molecular weight excluding hydrogens is 262 g/mol. The molecule has 0 aliphatic heterocycles. The fraction of sp³-hybridized carbons (Fsp3) is 0.167. The lowest BCUT2D eigenvalue weighted by atomic mass is 10.1. The molecule has 0 saturated carbocycles. The molecule has 0 radical (unpaired) electrons. The maximum Gasteiger partial charge on any atom is 0.282 e. The first-order valence-corrected chi connectivity index (χ1v) is 6.55. The summed E-state index contributed by atoms with van der Waals surface area (Å²) in [4.78, 5) is 12.6. The first-order valence-electron chi connectivity index (χ1n) is 5.73. The maximum atomic E-state index is 12.0. The van der Waals surface area contributed by atoms with Crippen LogP contribution in [0.5, 0.6) is 0 Å². The number of fused-ring (bicyclic) bond motifs is 1. The number of benzene rings is 1. The highest BCUT2D eigenvalue weighted by Gasteiger charge is 2.13. The van der Waals surface area contributed by atoms with Crippen LogP contribution in [0, 0.1) is 6.92 Å². The lowest BCUT2D eigenvalue weighted by molar-refractivity contribution is 0.0949. The largest absolute Gasteiger partial charge is 0.346 e. The molecule has 96 valence electrons. The molecule has 0 fully saturated rings. The number of aromatic nitrogens is 4. The van der Waals surface area contributed by atoms with Gasteiger partial charge in [-0.25, -0.2) is 0 Å². The predicted molar refractivity (Wildman–Crippen MR) is 71.0 cm³/mol. The summed E-state index contributed by atoms with van der Waals surface area (Å²) in [6, 6.07) is 7.94. The Bertz CT molecular complexity index is 704. The van der Waals surface area contributed by atoms with E-state index in [1.165, 1.54) is 22.2 Å². The molecule has 3 rings (SSSR count). The van der Waals surface area contributed by atoms with Gasteiger partial charge in [0.05, 0.1) is 0 Å². The zero-order valence-electron chi connectivity index (χ0n) is 10.2. The number of nitrogens with zero attached hydrogens (tertiary/aromatic N) is 4. The Morgan fingerprint density at radius 1 is 1.42 bits per heavy atom. The molecule has 1 amide bonds. The van der Waals surface area contributed by atoms with Gasteiger partial charge in [-0.15, -0.1) is 15.3 Å². The van der Waals surface area contributed by atoms with Crippen molar-refractivity contribution < 1.29 is 4.79 Å². The Labute approximate surface area is 113 Å². The molecule has 2 heterocycles. The van der Waals surface area contributed by atoms with Crippen molar-refractivity contribution >= 4 is 22.2 Å². The van der Waals surface area contributed by atoms with Crippen LogP contribution in [-0.2, 0) is 6.54 Å². The monoisotopic (exact) mass is 273 g/mol. The Morgan fingerprint density at radius 2 is 2.26 bits per heavy atom. The maximum absolute atomic E-state index is 12.0. The number of carbonyl (C=O) groups is 1. The highest BCUT2D eigenvalue weighted by atomic mass is 32.1. The number of hydrogen-bond donors (Lipinski definition) is 1. The smallest absolute Gasteiger partial charge is 0.282 e. The summed E-state index contributed by atoms with van der Waals surface area (Å²) in [5, 5.41) is 14.9. The summed E-state index contributed by atoms with van der Waals surface area (Å²) >= 11 is 1.22. The van der Waals surface area contributed by atoms with Crippen molar-refractivity contribution in [3.63, 3.8) is 0 Å². The molecule has 0 unspecified atom stereocenters. The molecule has 0 atom stereocenters. The molecule has 0 saturated heterocycles. The lowest BCUT2D eigenvalue weighted by Crippen LogP contribution is -2.23. The number of rotatable bonds is 3. The van der Waals surface area contributed by atoms with Gasteiger partial charge in [-0.05, 0) is 18.1 Å². The van der Waals surface area contributed by atoms with Gasteiger partial charge in [0, 0.05) is 6.54 Å². The Hall–Kier alpha value is -2.28. The van der Waals surface area contributed by atoms with E-state index in [4.69, 9.17) is 0 Å². The van der Waals surface area contributed by atoms with Crippen LogP contribution < -0.4 is 5.32 Å². The molecule has 0 aliphatic rings. The van der Waals surface area contributed by atoms with E-state index in [0.717, 1.165) is 11.1 Å². The average molecular weight is 273 g/mol. The van der Waals surface area contributed by atoms with Crippen LogP contribution in [0.15, 0.2) is 30.6 Å². The standard InChI is InChI=1S/C12H11N5OS/c1-8-4-2-3-5-9(8)6-13-10(18)11-16-17-7-14-15-12(17)19-11/h2-5,7H,6H2,1H3,(H,13,18). The van der Waals surface area contributed by atoms with Gasteiger partial charge in [-0.2, -0.15) is 4.52 Å². The molecular formula is C12H11N5OS. The number of hydrogen-bond acceptors (Lipinski definition) is 5. The summed E-state index contributed by atoms with van der Waals surface area (Å²) in [5.41, 5.74) is 2.25. The molecule has 19 heavy (non-hydrogen) atoms. The Kier molecular flexibility index (Phi) is 2.96. The van der Waals surface area contributed by atoms with Crippen molar-refractivity contribution in [2.45, 2.75) is 13.5 Å². The van der Waals surface area contributed by atoms with Gasteiger partial charge < -0.3 is 5.32 Å². The molecule has 6 nitrogen and oxygen atoms in total. The second-order valence-electron chi connectivity index (χ2n) is 4.07. The van der Waals surface area contributed by atoms with E-state index in [9.17, 15) is 4.79 Å². The summed E-state index contributed by atoms with van der Waals surface area (Å²) < 4.78 is 1.49. The van der Waals surface area contributed by atoms with Gasteiger partial charge in [0.1, 0.15) is 6.33 Å². The predicted octanol–water partition coefficient (Wildman–Crippen LogP) is 1.42. The molecule has 0 spiro atoms. The molecule has 3 aromatic rings. The van der Waals surface area contributed by atoms with Crippen molar-refractivity contribution in [1.82, 2.24) is 25.1 Å². The second kappa shape index (κ2) is 4.77. The van der Waals surface area contributed by atoms with Gasteiger partial charge in [0.15, 0.2) is 0 Å². The van der Waals surface area contributed by atoms with Crippen LogP contribution in [0.25, 0.3) is 4.96 Å². The number of carbonyl (C=O) groups excluding carboxylic acids is 1. The fourth-order valence-electron chi connectivity index (χ4n) is 1.71. The van der Waals surface area contributed by atoms with E-state index in [-0.39, 0.29) is 5.91 Å². The summed E-state index contributed by atoms with van der Waals surface area (Å²) in [6.45, 7) is 2.51. The van der Waals surface area contributed by atoms with E-state index < -0.39 is 0 Å². The highest BCUT2D eigenvalue weighted by molar-refractivity contribution is 7.18. The zero-order valence-corrected chi connectivity index (χ0v) is 11.0. The molecule has 0 bridgehead atoms.